The zero-order valence-electron chi connectivity index (χ0n) is 12.5. The second-order valence-corrected chi connectivity index (χ2v) is 5.55. The maximum atomic E-state index is 14.1. The number of ether oxygens (including phenoxy) is 2. The molecule has 124 valence electrons. The molecule has 0 amide bonds. The maximum Gasteiger partial charge on any atom is 0.222 e. The molecule has 0 spiro atoms. The zero-order chi connectivity index (χ0) is 17.1. The van der Waals surface area contributed by atoms with Crippen molar-refractivity contribution in [1.82, 2.24) is 4.98 Å². The van der Waals surface area contributed by atoms with Crippen molar-refractivity contribution in [2.24, 2.45) is 0 Å². The highest BCUT2D eigenvalue weighted by atomic mass is 32.2. The lowest BCUT2D eigenvalue weighted by molar-refractivity contribution is 0.415. The van der Waals surface area contributed by atoms with Crippen molar-refractivity contribution in [3.8, 4) is 17.2 Å². The van der Waals surface area contributed by atoms with Crippen molar-refractivity contribution in [2.75, 3.05) is 11.8 Å². The number of hydrogen-bond acceptors (Lipinski definition) is 5. The molecular formula is C16H13FN2O4S. The fraction of sp³-hybridized carbons (Fsp3) is 0.0625. The van der Waals surface area contributed by atoms with E-state index in [1.807, 2.05) is 0 Å². The molecule has 0 unspecified atom stereocenters. The van der Waals surface area contributed by atoms with Crippen LogP contribution in [0.15, 0.2) is 48.7 Å². The van der Waals surface area contributed by atoms with Gasteiger partial charge in [-0.1, -0.05) is 0 Å². The molecule has 0 radical (unpaired) electrons. The Kier molecular flexibility index (Phi) is 4.48. The molecule has 6 nitrogen and oxygen atoms in total. The summed E-state index contributed by atoms with van der Waals surface area (Å²) in [6.07, 6.45) is 1.55. The highest BCUT2D eigenvalue weighted by Crippen LogP contribution is 2.32. The summed E-state index contributed by atoms with van der Waals surface area (Å²) in [6.45, 7) is 0. The van der Waals surface area contributed by atoms with Gasteiger partial charge in [-0.3, -0.25) is 9.71 Å². The average Bonchev–Trinajstić information content (AvgIpc) is 2.56. The first kappa shape index (κ1) is 16.0. The number of rotatable bonds is 5. The fourth-order valence-corrected chi connectivity index (χ4v) is 2.54. The van der Waals surface area contributed by atoms with Gasteiger partial charge < -0.3 is 9.47 Å². The number of nitrogens with one attached hydrogen (secondary N) is 1. The van der Waals surface area contributed by atoms with Crippen LogP contribution in [0.5, 0.6) is 17.2 Å². The van der Waals surface area contributed by atoms with Crippen molar-refractivity contribution in [3.63, 3.8) is 0 Å². The molecule has 0 aliphatic rings. The van der Waals surface area contributed by atoms with E-state index in [1.54, 1.807) is 37.6 Å². The van der Waals surface area contributed by atoms with Gasteiger partial charge in [0.05, 0.1) is 18.3 Å². The molecule has 0 aliphatic carbocycles. The summed E-state index contributed by atoms with van der Waals surface area (Å²) >= 11 is 0. The number of halogens is 1. The van der Waals surface area contributed by atoms with Crippen LogP contribution in [0.2, 0.25) is 0 Å². The van der Waals surface area contributed by atoms with Gasteiger partial charge in [0.25, 0.3) is 0 Å². The van der Waals surface area contributed by atoms with E-state index in [4.69, 9.17) is 9.47 Å². The minimum absolute atomic E-state index is 0.0232. The predicted molar refractivity (Wildman–Crippen MR) is 88.7 cm³/mol. The highest BCUT2D eigenvalue weighted by molar-refractivity contribution is 7.73. The van der Waals surface area contributed by atoms with Crippen molar-refractivity contribution >= 4 is 27.5 Å². The van der Waals surface area contributed by atoms with Crippen LogP contribution in [0, 0.1) is 5.82 Å². The number of hydrogen-bond donors (Lipinski definition) is 2. The van der Waals surface area contributed by atoms with E-state index in [-0.39, 0.29) is 11.4 Å². The number of benzene rings is 2. The molecule has 8 heteroatoms. The molecule has 0 aliphatic heterocycles. The maximum absolute atomic E-state index is 14.1. The summed E-state index contributed by atoms with van der Waals surface area (Å²) in [5, 5.41) is 0.697. The van der Waals surface area contributed by atoms with E-state index in [2.05, 4.69) is 9.71 Å². The molecule has 0 saturated carbocycles. The van der Waals surface area contributed by atoms with Gasteiger partial charge in [0.1, 0.15) is 11.5 Å². The summed E-state index contributed by atoms with van der Waals surface area (Å²) < 4.78 is 48.2. The predicted octanol–water partition coefficient (Wildman–Crippen LogP) is 3.11. The van der Waals surface area contributed by atoms with Crippen molar-refractivity contribution in [1.29, 1.82) is 0 Å². The lowest BCUT2D eigenvalue weighted by Gasteiger charge is -2.11. The van der Waals surface area contributed by atoms with Crippen LogP contribution in [0.25, 0.3) is 10.9 Å². The molecule has 24 heavy (non-hydrogen) atoms. The van der Waals surface area contributed by atoms with Gasteiger partial charge in [-0.2, -0.15) is 0 Å². The van der Waals surface area contributed by atoms with Crippen LogP contribution in [-0.2, 0) is 10.9 Å². The average molecular weight is 348 g/mol. The van der Waals surface area contributed by atoms with E-state index < -0.39 is 16.7 Å². The van der Waals surface area contributed by atoms with E-state index in [0.717, 1.165) is 6.07 Å². The van der Waals surface area contributed by atoms with Crippen LogP contribution in [0.3, 0.4) is 0 Å². The first-order valence-corrected chi connectivity index (χ1v) is 8.06. The van der Waals surface area contributed by atoms with Crippen LogP contribution >= 0.6 is 0 Å². The molecule has 0 fully saturated rings. The fourth-order valence-electron chi connectivity index (χ4n) is 2.19. The monoisotopic (exact) mass is 348 g/mol. The van der Waals surface area contributed by atoms with E-state index in [9.17, 15) is 12.8 Å². The second kappa shape index (κ2) is 6.71. The Labute approximate surface area is 138 Å². The Balaban J connectivity index is 1.95. The summed E-state index contributed by atoms with van der Waals surface area (Å²) in [7, 11) is -1.30. The summed E-state index contributed by atoms with van der Waals surface area (Å²) in [5.41, 5.74) is 0.772. The number of methoxy groups -OCH3 is 1. The normalized spacial score (nSPS) is 10.8. The SMILES string of the molecule is COc1ccc2c(Oc3ccc(N[SH](=O)=O)cc3F)ccnc2c1. The Morgan fingerprint density at radius 3 is 2.62 bits per heavy atom. The van der Waals surface area contributed by atoms with Crippen molar-refractivity contribution in [2.45, 2.75) is 0 Å². The summed E-state index contributed by atoms with van der Waals surface area (Å²) in [5.74, 6) is 0.373. The number of fused-ring (bicyclic) bond motifs is 1. The van der Waals surface area contributed by atoms with Gasteiger partial charge in [0.15, 0.2) is 11.6 Å². The minimum atomic E-state index is -2.85. The number of nitrogens with zero attached hydrogens (tertiary/aromatic N) is 1. The van der Waals surface area contributed by atoms with Crippen molar-refractivity contribution < 1.29 is 22.3 Å². The van der Waals surface area contributed by atoms with E-state index in [1.165, 1.54) is 12.1 Å². The minimum Gasteiger partial charge on any atom is -0.497 e. The molecule has 3 rings (SSSR count). The molecule has 0 bridgehead atoms. The van der Waals surface area contributed by atoms with Crippen LogP contribution in [0.4, 0.5) is 10.1 Å². The second-order valence-electron chi connectivity index (χ2n) is 4.81. The lowest BCUT2D eigenvalue weighted by atomic mass is 10.2. The zero-order valence-corrected chi connectivity index (χ0v) is 13.4. The van der Waals surface area contributed by atoms with Gasteiger partial charge >= 0.3 is 0 Å². The quantitative estimate of drug-likeness (QED) is 0.693. The standard InChI is InChI=1S/C16H13FN2O4S/c1-22-11-3-4-12-14(9-11)18-7-6-15(12)23-16-5-2-10(8-13(16)17)19-24(20)21/h2-9,24H,1H3,(H,19,20,21). The topological polar surface area (TPSA) is 77.5 Å². The molecule has 2 aromatic carbocycles. The van der Waals surface area contributed by atoms with Crippen molar-refractivity contribution in [3.05, 3.63) is 54.5 Å². The van der Waals surface area contributed by atoms with Gasteiger partial charge in [-0.25, -0.2) is 12.8 Å². The molecular weight excluding hydrogens is 335 g/mol. The van der Waals surface area contributed by atoms with E-state index in [0.29, 0.717) is 22.4 Å². The van der Waals surface area contributed by atoms with Crippen LogP contribution < -0.4 is 14.2 Å². The number of thiol groups is 1. The van der Waals surface area contributed by atoms with Gasteiger partial charge in [-0.15, -0.1) is 0 Å². The number of pyridine rings is 1. The molecule has 1 heterocycles. The first-order chi connectivity index (χ1) is 11.6. The molecule has 0 saturated heterocycles. The van der Waals surface area contributed by atoms with Gasteiger partial charge in [-0.05, 0) is 30.3 Å². The van der Waals surface area contributed by atoms with Gasteiger partial charge in [0.2, 0.25) is 10.9 Å². The number of aromatic nitrogens is 1. The van der Waals surface area contributed by atoms with E-state index >= 15 is 0 Å². The van der Waals surface area contributed by atoms with Gasteiger partial charge in [0, 0.05) is 23.7 Å². The molecule has 1 aromatic heterocycles. The Morgan fingerprint density at radius 1 is 1.08 bits per heavy atom. The third-order valence-corrected chi connectivity index (χ3v) is 3.72. The molecule has 3 aromatic rings. The lowest BCUT2D eigenvalue weighted by Crippen LogP contribution is -1.97. The summed E-state index contributed by atoms with van der Waals surface area (Å²) in [6, 6.07) is 10.7. The third-order valence-electron chi connectivity index (χ3n) is 3.28. The Morgan fingerprint density at radius 2 is 1.92 bits per heavy atom. The Bertz CT molecular complexity index is 967. The van der Waals surface area contributed by atoms with Crippen LogP contribution in [-0.4, -0.2) is 20.5 Å². The highest BCUT2D eigenvalue weighted by Gasteiger charge is 2.10. The molecule has 0 atom stereocenters. The van der Waals surface area contributed by atoms with Crippen LogP contribution in [0.1, 0.15) is 0 Å². The first-order valence-electron chi connectivity index (χ1n) is 6.88. The Hall–Kier alpha value is -2.87. The smallest absolute Gasteiger partial charge is 0.222 e. The number of anilines is 1. The third kappa shape index (κ3) is 3.38. The largest absolute Gasteiger partial charge is 0.497 e. The summed E-state index contributed by atoms with van der Waals surface area (Å²) in [4.78, 5) is 4.23. The molecule has 1 N–H and O–H groups in total.